The van der Waals surface area contributed by atoms with E-state index in [1.54, 1.807) is 0 Å². The third-order valence-corrected chi connectivity index (χ3v) is 19.8. The van der Waals surface area contributed by atoms with E-state index in [1.165, 1.54) is 76.5 Å². The quantitative estimate of drug-likeness (QED) is 0.148. The van der Waals surface area contributed by atoms with Gasteiger partial charge in [-0.25, -0.2) is 39.9 Å². The summed E-state index contributed by atoms with van der Waals surface area (Å²) in [7, 11) is 0. The van der Waals surface area contributed by atoms with E-state index in [0.717, 1.165) is 123 Å². The van der Waals surface area contributed by atoms with Crippen LogP contribution in [-0.4, -0.2) is 39.9 Å². The molecule has 0 aliphatic heterocycles. The molecule has 20 aromatic rings. The third-order valence-electron chi connectivity index (χ3n) is 19.8. The second kappa shape index (κ2) is 29.9. The molecule has 0 saturated carbocycles. The molecule has 0 spiro atoms. The van der Waals surface area contributed by atoms with Gasteiger partial charge in [0.1, 0.15) is 23.3 Å². The predicted molar refractivity (Wildman–Crippen MR) is 451 cm³/mol. The fraction of sp³-hybridized carbons (Fsp3) is 0.0400. The predicted octanol–water partition coefficient (Wildman–Crippen LogP) is 25.7. The van der Waals surface area contributed by atoms with E-state index < -0.39 is 0 Å². The number of aryl methyl sites for hydroxylation is 4. The Morgan fingerprint density at radius 1 is 0.167 bits per heavy atom. The van der Waals surface area contributed by atoms with Crippen LogP contribution in [0.1, 0.15) is 23.3 Å². The normalized spacial score (nSPS) is 11.1. The zero-order chi connectivity index (χ0) is 72.9. The minimum absolute atomic E-state index is 0.787. The molecule has 0 saturated heterocycles. The largest absolute Gasteiger partial charge is 0.233 e. The SMILES string of the molecule is Cc1nc(-c2ccccc2)c2c(-c3ccc4ccccc4c3)cccc2n1.Cc1nc(-c2ccccc2)c2cc(-c3ccc4ccccc4c3)ccc2n1.Cc1nc(-c2ccccc2)c2ccc(-c3ccc4ccccc4c3)cc2n1.Cc1nc(-c2ccccc2)c2cccc(-c3ccc4ccccc4c3)c2n1. The number of nitrogens with zero attached hydrogens (tertiary/aromatic N) is 8. The van der Waals surface area contributed by atoms with Gasteiger partial charge in [0, 0.05) is 49.4 Å². The Kier molecular flexibility index (Phi) is 18.6. The molecule has 4 aromatic heterocycles. The van der Waals surface area contributed by atoms with Crippen molar-refractivity contribution in [1.29, 1.82) is 0 Å². The van der Waals surface area contributed by atoms with Crippen LogP contribution in [-0.2, 0) is 0 Å². The van der Waals surface area contributed by atoms with Crippen LogP contribution in [0, 0.1) is 27.7 Å². The molecular formula is C100H72N8. The van der Waals surface area contributed by atoms with Crippen LogP contribution in [0.5, 0.6) is 0 Å². The van der Waals surface area contributed by atoms with Crippen molar-refractivity contribution in [3.63, 3.8) is 0 Å². The van der Waals surface area contributed by atoms with Gasteiger partial charge in [-0.05, 0) is 164 Å². The van der Waals surface area contributed by atoms with Crippen molar-refractivity contribution in [2.24, 2.45) is 0 Å². The van der Waals surface area contributed by atoms with Crippen molar-refractivity contribution in [2.75, 3.05) is 0 Å². The van der Waals surface area contributed by atoms with Gasteiger partial charge in [-0.3, -0.25) is 0 Å². The van der Waals surface area contributed by atoms with Crippen LogP contribution in [0.4, 0.5) is 0 Å². The molecule has 0 aliphatic rings. The first-order valence-electron chi connectivity index (χ1n) is 36.4. The highest BCUT2D eigenvalue weighted by atomic mass is 14.9. The molecule has 0 aliphatic carbocycles. The van der Waals surface area contributed by atoms with Crippen molar-refractivity contribution in [3.05, 3.63) is 387 Å². The second-order valence-electron chi connectivity index (χ2n) is 27.1. The van der Waals surface area contributed by atoms with E-state index in [2.05, 4.69) is 308 Å². The van der Waals surface area contributed by atoms with Gasteiger partial charge in [-0.15, -0.1) is 0 Å². The highest BCUT2D eigenvalue weighted by Crippen LogP contribution is 2.39. The summed E-state index contributed by atoms with van der Waals surface area (Å²) in [6, 6.07) is 127. The molecule has 0 unspecified atom stereocenters. The summed E-state index contributed by atoms with van der Waals surface area (Å²) >= 11 is 0. The molecule has 4 heterocycles. The Morgan fingerprint density at radius 2 is 0.500 bits per heavy atom. The van der Waals surface area contributed by atoms with E-state index in [4.69, 9.17) is 34.9 Å². The number of rotatable bonds is 8. The van der Waals surface area contributed by atoms with Gasteiger partial charge in [0.15, 0.2) is 0 Å². The van der Waals surface area contributed by atoms with Crippen LogP contribution in [0.15, 0.2) is 364 Å². The molecule has 0 amide bonds. The summed E-state index contributed by atoms with van der Waals surface area (Å²) in [6.45, 7) is 7.81. The molecule has 8 heteroatoms. The number of hydrogen-bond donors (Lipinski definition) is 0. The molecule has 16 aromatic carbocycles. The van der Waals surface area contributed by atoms with Crippen LogP contribution in [0.25, 0.3) is 176 Å². The van der Waals surface area contributed by atoms with Crippen LogP contribution >= 0.6 is 0 Å². The molecule has 20 rings (SSSR count). The lowest BCUT2D eigenvalue weighted by Gasteiger charge is -2.13. The lowest BCUT2D eigenvalue weighted by atomic mass is 9.95. The maximum atomic E-state index is 4.81. The average Bonchev–Trinajstić information content (AvgIpc) is 0.783. The molecule has 108 heavy (non-hydrogen) atoms. The molecule has 0 N–H and O–H groups in total. The van der Waals surface area contributed by atoms with Gasteiger partial charge in [-0.2, -0.15) is 0 Å². The molecule has 0 atom stereocenters. The number of aromatic nitrogens is 8. The standard InChI is InChI=1S/4C25H18N2/c1-17-26-23-13-7-12-22(21-15-14-18-8-5-6-11-20(18)16-21)24(23)25(27-17)19-9-3-2-4-10-19;1-17-26-24(19-9-3-2-4-10-19)23-13-7-12-22(25(23)27-17)21-15-14-18-8-5-6-11-20(18)16-21;1-17-26-24-14-13-22(21-12-11-18-7-5-6-10-20(18)15-21)16-23(24)25(27-17)19-8-3-2-4-9-19;1-17-26-24-16-22(21-12-11-18-7-5-6-10-20(18)15-21)13-14-23(24)25(27-17)19-8-3-2-4-9-19/h4*2-16H,1H3. The van der Waals surface area contributed by atoms with Gasteiger partial charge >= 0.3 is 0 Å². The van der Waals surface area contributed by atoms with Gasteiger partial charge in [0.05, 0.1) is 44.8 Å². The molecule has 512 valence electrons. The summed E-state index contributed by atoms with van der Waals surface area (Å²) in [5, 5.41) is 14.3. The first-order valence-corrected chi connectivity index (χ1v) is 36.4. The topological polar surface area (TPSA) is 103 Å². The number of para-hydroxylation sites is 1. The van der Waals surface area contributed by atoms with Gasteiger partial charge < -0.3 is 0 Å². The number of benzene rings is 16. The molecule has 0 radical (unpaired) electrons. The lowest BCUT2D eigenvalue weighted by molar-refractivity contribution is 1.10. The second-order valence-corrected chi connectivity index (χ2v) is 27.1. The van der Waals surface area contributed by atoms with Crippen LogP contribution < -0.4 is 0 Å². The Morgan fingerprint density at radius 3 is 1.00 bits per heavy atom. The van der Waals surface area contributed by atoms with Crippen molar-refractivity contribution in [1.82, 2.24) is 39.9 Å². The van der Waals surface area contributed by atoms with E-state index in [0.29, 0.717) is 0 Å². The van der Waals surface area contributed by atoms with Crippen molar-refractivity contribution >= 4 is 86.7 Å². The Balaban J connectivity index is 0.000000105. The fourth-order valence-electron chi connectivity index (χ4n) is 14.6. The Bertz CT molecular complexity index is 6670. The summed E-state index contributed by atoms with van der Waals surface area (Å²) in [5.41, 5.74) is 21.8. The summed E-state index contributed by atoms with van der Waals surface area (Å²) in [6.07, 6.45) is 0. The van der Waals surface area contributed by atoms with Crippen molar-refractivity contribution in [2.45, 2.75) is 27.7 Å². The maximum absolute atomic E-state index is 4.81. The van der Waals surface area contributed by atoms with Crippen molar-refractivity contribution < 1.29 is 0 Å². The minimum Gasteiger partial charge on any atom is -0.233 e. The van der Waals surface area contributed by atoms with Gasteiger partial charge in [0.25, 0.3) is 0 Å². The zero-order valence-electron chi connectivity index (χ0n) is 60.2. The monoisotopic (exact) mass is 1380 g/mol. The number of fused-ring (bicyclic) bond motifs is 8. The molecule has 0 bridgehead atoms. The molecule has 0 fully saturated rings. The van der Waals surface area contributed by atoms with E-state index in [9.17, 15) is 0 Å². The summed E-state index contributed by atoms with van der Waals surface area (Å²) < 4.78 is 0. The third kappa shape index (κ3) is 14.1. The van der Waals surface area contributed by atoms with E-state index in [-0.39, 0.29) is 0 Å². The average molecular weight is 1390 g/mol. The van der Waals surface area contributed by atoms with Crippen molar-refractivity contribution in [3.8, 4) is 89.5 Å². The first kappa shape index (κ1) is 67.1. The van der Waals surface area contributed by atoms with E-state index >= 15 is 0 Å². The smallest absolute Gasteiger partial charge is 0.126 e. The Hall–Kier alpha value is -14.1. The maximum Gasteiger partial charge on any atom is 0.126 e. The molecular weight excluding hydrogens is 1310 g/mol. The highest BCUT2D eigenvalue weighted by Gasteiger charge is 2.18. The zero-order valence-corrected chi connectivity index (χ0v) is 60.2. The highest BCUT2D eigenvalue weighted by molar-refractivity contribution is 6.06. The Labute approximate surface area is 627 Å². The summed E-state index contributed by atoms with van der Waals surface area (Å²) in [5.74, 6) is 3.16. The fourth-order valence-corrected chi connectivity index (χ4v) is 14.6. The summed E-state index contributed by atoms with van der Waals surface area (Å²) in [4.78, 5) is 37.8. The van der Waals surface area contributed by atoms with Crippen LogP contribution in [0.2, 0.25) is 0 Å². The number of hydrogen-bond acceptors (Lipinski definition) is 8. The molecule has 8 nitrogen and oxygen atoms in total. The van der Waals surface area contributed by atoms with Crippen LogP contribution in [0.3, 0.4) is 0 Å². The van der Waals surface area contributed by atoms with Gasteiger partial charge in [0.2, 0.25) is 0 Å². The first-order chi connectivity index (χ1) is 53.1. The minimum atomic E-state index is 0.787. The lowest BCUT2D eigenvalue weighted by Crippen LogP contribution is -1.96. The van der Waals surface area contributed by atoms with E-state index in [1.807, 2.05) is 88.4 Å². The van der Waals surface area contributed by atoms with Gasteiger partial charge in [-0.1, -0.05) is 309 Å².